The van der Waals surface area contributed by atoms with Gasteiger partial charge >= 0.3 is 0 Å². The fourth-order valence-corrected chi connectivity index (χ4v) is 3.61. The number of nitrogens with one attached hydrogen (secondary N) is 1. The first-order valence-electron chi connectivity index (χ1n) is 9.11. The molecule has 0 radical (unpaired) electrons. The Morgan fingerprint density at radius 3 is 2.64 bits per heavy atom. The molecule has 2 aromatic heterocycles. The maximum atomic E-state index is 9.78. The number of nitrogens with two attached hydrogens (primary N) is 1. The van der Waals surface area contributed by atoms with E-state index in [2.05, 4.69) is 26.3 Å². The molecule has 4 N–H and O–H groups in total. The number of aromatic hydroxyl groups is 1. The van der Waals surface area contributed by atoms with Crippen molar-refractivity contribution in [2.45, 2.75) is 32.7 Å². The topological polar surface area (TPSA) is 121 Å². The third kappa shape index (κ3) is 2.99. The molecule has 0 amide bonds. The van der Waals surface area contributed by atoms with Crippen molar-refractivity contribution in [3.05, 3.63) is 47.3 Å². The number of pyridine rings is 1. The van der Waals surface area contributed by atoms with Gasteiger partial charge < -0.3 is 16.2 Å². The summed E-state index contributed by atoms with van der Waals surface area (Å²) < 4.78 is 0. The first kappa shape index (κ1) is 17.7. The summed E-state index contributed by atoms with van der Waals surface area (Å²) in [4.78, 5) is 13.3. The molecule has 3 aromatic rings. The Balaban J connectivity index is 1.91. The Morgan fingerprint density at radius 1 is 1.21 bits per heavy atom. The lowest BCUT2D eigenvalue weighted by Gasteiger charge is -2.23. The van der Waals surface area contributed by atoms with Crippen LogP contribution in [-0.2, 0) is 12.8 Å². The number of rotatable bonds is 3. The van der Waals surface area contributed by atoms with Gasteiger partial charge in [-0.15, -0.1) is 0 Å². The van der Waals surface area contributed by atoms with Gasteiger partial charge in [-0.2, -0.15) is 5.26 Å². The number of anilines is 2. The van der Waals surface area contributed by atoms with Gasteiger partial charge in [0.15, 0.2) is 0 Å². The number of nitrogen functional groups attached to an aromatic ring is 1. The summed E-state index contributed by atoms with van der Waals surface area (Å²) in [5.41, 5.74) is 11.6. The van der Waals surface area contributed by atoms with E-state index in [1.165, 1.54) is 0 Å². The van der Waals surface area contributed by atoms with Crippen molar-refractivity contribution in [2.75, 3.05) is 11.1 Å². The predicted molar refractivity (Wildman–Crippen MR) is 108 cm³/mol. The third-order valence-electron chi connectivity index (χ3n) is 4.78. The molecule has 0 spiro atoms. The second kappa shape index (κ2) is 6.82. The van der Waals surface area contributed by atoms with Gasteiger partial charge in [0.2, 0.25) is 5.95 Å². The average molecular weight is 372 g/mol. The van der Waals surface area contributed by atoms with Gasteiger partial charge in [-0.1, -0.05) is 0 Å². The van der Waals surface area contributed by atoms with Crippen LogP contribution in [0.15, 0.2) is 30.6 Å². The number of benzene rings is 1. The van der Waals surface area contributed by atoms with Crippen molar-refractivity contribution in [1.29, 1.82) is 5.26 Å². The zero-order chi connectivity index (χ0) is 19.8. The largest absolute Gasteiger partial charge is 0.508 e. The monoisotopic (exact) mass is 372 g/mol. The molecule has 0 saturated heterocycles. The van der Waals surface area contributed by atoms with E-state index in [4.69, 9.17) is 5.73 Å². The van der Waals surface area contributed by atoms with Gasteiger partial charge in [0.25, 0.3) is 0 Å². The van der Waals surface area contributed by atoms with E-state index in [9.17, 15) is 10.4 Å². The van der Waals surface area contributed by atoms with Gasteiger partial charge in [0.05, 0.1) is 5.69 Å². The smallest absolute Gasteiger partial charge is 0.222 e. The second-order valence-electron chi connectivity index (χ2n) is 7.12. The molecule has 28 heavy (non-hydrogen) atoms. The molecular formula is C21H20N6O. The van der Waals surface area contributed by atoms with Gasteiger partial charge in [-0.05, 0) is 56.0 Å². The number of aromatic nitrogens is 3. The molecular weight excluding hydrogens is 352 g/mol. The standard InChI is InChI=1S/C21H20N6O/c1-11(2)26-21-24-9-13(10-25-21)18-16-5-3-12-7-14(28)4-6-15(12)19(16)27-20(23)17(18)8-22/h4,6-7,9-11,28H,3,5H2,1-2H3,(H2,23,27)(H,24,25,26). The van der Waals surface area contributed by atoms with Gasteiger partial charge in [-0.25, -0.2) is 15.0 Å². The lowest BCUT2D eigenvalue weighted by Crippen LogP contribution is -2.13. The molecule has 0 bridgehead atoms. The zero-order valence-corrected chi connectivity index (χ0v) is 15.7. The van der Waals surface area contributed by atoms with Crippen LogP contribution in [0, 0.1) is 11.3 Å². The molecule has 2 heterocycles. The number of aryl methyl sites for hydroxylation is 1. The number of fused-ring (bicyclic) bond motifs is 3. The van der Waals surface area contributed by atoms with E-state index in [0.29, 0.717) is 17.9 Å². The number of phenols is 1. The molecule has 1 aliphatic rings. The predicted octanol–water partition coefficient (Wildman–Crippen LogP) is 3.28. The van der Waals surface area contributed by atoms with Gasteiger partial charge in [-0.3, -0.25) is 0 Å². The van der Waals surface area contributed by atoms with Crippen LogP contribution in [0.5, 0.6) is 5.75 Å². The highest BCUT2D eigenvalue weighted by Crippen LogP contribution is 2.41. The van der Waals surface area contributed by atoms with Crippen LogP contribution in [0.25, 0.3) is 22.4 Å². The highest BCUT2D eigenvalue weighted by molar-refractivity contribution is 5.86. The maximum absolute atomic E-state index is 9.78. The Hall–Kier alpha value is -3.66. The van der Waals surface area contributed by atoms with E-state index in [-0.39, 0.29) is 17.6 Å². The van der Waals surface area contributed by atoms with Crippen LogP contribution in [0.4, 0.5) is 11.8 Å². The Kier molecular flexibility index (Phi) is 4.32. The molecule has 0 atom stereocenters. The fourth-order valence-electron chi connectivity index (χ4n) is 3.61. The number of nitriles is 1. The highest BCUT2D eigenvalue weighted by Gasteiger charge is 2.26. The van der Waals surface area contributed by atoms with Crippen LogP contribution in [0.3, 0.4) is 0 Å². The Morgan fingerprint density at radius 2 is 1.96 bits per heavy atom. The molecule has 0 unspecified atom stereocenters. The Labute approximate surface area is 162 Å². The molecule has 140 valence electrons. The minimum atomic E-state index is 0.182. The molecule has 7 nitrogen and oxygen atoms in total. The van der Waals surface area contributed by atoms with Crippen molar-refractivity contribution < 1.29 is 5.11 Å². The minimum Gasteiger partial charge on any atom is -0.508 e. The second-order valence-corrected chi connectivity index (χ2v) is 7.12. The number of phenolic OH excluding ortho intramolecular Hbond substituents is 1. The zero-order valence-electron chi connectivity index (χ0n) is 15.7. The quantitative estimate of drug-likeness (QED) is 0.645. The van der Waals surface area contributed by atoms with Crippen LogP contribution >= 0.6 is 0 Å². The van der Waals surface area contributed by atoms with Gasteiger partial charge in [0, 0.05) is 35.1 Å². The van der Waals surface area contributed by atoms with E-state index in [0.717, 1.165) is 39.9 Å². The van der Waals surface area contributed by atoms with Crippen molar-refractivity contribution in [3.8, 4) is 34.2 Å². The first-order valence-corrected chi connectivity index (χ1v) is 9.11. The summed E-state index contributed by atoms with van der Waals surface area (Å²) in [5.74, 6) is 0.946. The molecule has 7 heteroatoms. The van der Waals surface area contributed by atoms with E-state index >= 15 is 0 Å². The first-order chi connectivity index (χ1) is 13.5. The van der Waals surface area contributed by atoms with Crippen molar-refractivity contribution in [1.82, 2.24) is 15.0 Å². The summed E-state index contributed by atoms with van der Waals surface area (Å²) in [7, 11) is 0. The lowest BCUT2D eigenvalue weighted by atomic mass is 9.83. The molecule has 0 fully saturated rings. The number of hydrogen-bond donors (Lipinski definition) is 3. The van der Waals surface area contributed by atoms with E-state index < -0.39 is 0 Å². The molecule has 1 aromatic carbocycles. The van der Waals surface area contributed by atoms with Crippen molar-refractivity contribution in [3.63, 3.8) is 0 Å². The molecule has 0 saturated carbocycles. The van der Waals surface area contributed by atoms with Crippen molar-refractivity contribution >= 4 is 11.8 Å². The summed E-state index contributed by atoms with van der Waals surface area (Å²) in [6.07, 6.45) is 4.85. The minimum absolute atomic E-state index is 0.182. The molecule has 1 aliphatic carbocycles. The molecule has 0 aliphatic heterocycles. The van der Waals surface area contributed by atoms with Crippen LogP contribution in [-0.4, -0.2) is 26.1 Å². The average Bonchev–Trinajstić information content (AvgIpc) is 2.67. The summed E-state index contributed by atoms with van der Waals surface area (Å²) >= 11 is 0. The van der Waals surface area contributed by atoms with Crippen LogP contribution in [0.1, 0.15) is 30.5 Å². The van der Waals surface area contributed by atoms with Crippen molar-refractivity contribution in [2.24, 2.45) is 0 Å². The highest BCUT2D eigenvalue weighted by atomic mass is 16.3. The fraction of sp³-hybridized carbons (Fsp3) is 0.238. The summed E-state index contributed by atoms with van der Waals surface area (Å²) in [6.45, 7) is 4.03. The van der Waals surface area contributed by atoms with E-state index in [1.54, 1.807) is 24.5 Å². The SMILES string of the molecule is CC(C)Nc1ncc(-c2c(C#N)c(N)nc3c2CCc2cc(O)ccc2-3)cn1. The van der Waals surface area contributed by atoms with Crippen LogP contribution in [0.2, 0.25) is 0 Å². The third-order valence-corrected chi connectivity index (χ3v) is 4.78. The normalized spacial score (nSPS) is 12.2. The van der Waals surface area contributed by atoms with Gasteiger partial charge in [0.1, 0.15) is 23.2 Å². The van der Waals surface area contributed by atoms with Crippen LogP contribution < -0.4 is 11.1 Å². The number of nitrogens with zero attached hydrogens (tertiary/aromatic N) is 4. The van der Waals surface area contributed by atoms with E-state index in [1.807, 2.05) is 19.9 Å². The summed E-state index contributed by atoms with van der Waals surface area (Å²) in [5, 5.41) is 22.7. The summed E-state index contributed by atoms with van der Waals surface area (Å²) in [6, 6.07) is 7.65. The lowest BCUT2D eigenvalue weighted by molar-refractivity contribution is 0.474. The molecule has 4 rings (SSSR count). The number of hydrogen-bond acceptors (Lipinski definition) is 7. The Bertz CT molecular complexity index is 1100. The maximum Gasteiger partial charge on any atom is 0.222 e.